The van der Waals surface area contributed by atoms with Crippen molar-refractivity contribution in [3.63, 3.8) is 0 Å². The highest BCUT2D eigenvalue weighted by Crippen LogP contribution is 2.36. The first kappa shape index (κ1) is 34.9. The molecule has 0 saturated carbocycles. The van der Waals surface area contributed by atoms with Crippen LogP contribution in [0.5, 0.6) is 11.5 Å². The molecule has 1 aliphatic rings. The predicted octanol–water partition coefficient (Wildman–Crippen LogP) is 4.98. The number of aryl methyl sites for hydroxylation is 2. The van der Waals surface area contributed by atoms with Gasteiger partial charge in [-0.1, -0.05) is 47.7 Å². The number of carbonyl (C=O) groups excluding carboxylic acids is 1. The number of aromatic hydroxyl groups is 1. The second kappa shape index (κ2) is 14.9. The summed E-state index contributed by atoms with van der Waals surface area (Å²) in [5.41, 5.74) is 7.36. The average Bonchev–Trinajstić information content (AvgIpc) is 3.51. The first-order chi connectivity index (χ1) is 24.1. The number of anilines is 1. The zero-order chi connectivity index (χ0) is 35.4. The Labute approximate surface area is 291 Å². The van der Waals surface area contributed by atoms with Crippen molar-refractivity contribution in [2.24, 2.45) is 0 Å². The summed E-state index contributed by atoms with van der Waals surface area (Å²) >= 11 is 0. The van der Waals surface area contributed by atoms with Gasteiger partial charge >= 0.3 is 16.3 Å². The molecule has 0 amide bonds. The number of hydrogen-bond acceptors (Lipinski definition) is 10. The summed E-state index contributed by atoms with van der Waals surface area (Å²) in [4.78, 5) is 15.1. The van der Waals surface area contributed by atoms with Crippen molar-refractivity contribution in [1.29, 1.82) is 0 Å². The Hall–Kier alpha value is -4.98. The van der Waals surface area contributed by atoms with Crippen LogP contribution in [-0.2, 0) is 39.5 Å². The SMILES string of the molecule is CCOC(=O)CC(c1ccc(C)c(CN2Cc3cc(O)ccc3OS2(=O)=O)c1)c1ccc2c(nnn2CCN(CCO)c2ccccc2)c1C. The maximum absolute atomic E-state index is 13.1. The lowest BCUT2D eigenvalue weighted by Gasteiger charge is -2.28. The summed E-state index contributed by atoms with van der Waals surface area (Å²) in [5.74, 6) is -0.542. The number of rotatable bonds is 13. The number of phenols is 1. The minimum absolute atomic E-state index is 0.0230. The number of carbonyl (C=O) groups is 1. The minimum Gasteiger partial charge on any atom is -0.508 e. The fraction of sp³-hybridized carbons (Fsp3) is 0.324. The molecule has 2 N–H and O–H groups in total. The Morgan fingerprint density at radius 2 is 1.84 bits per heavy atom. The van der Waals surface area contributed by atoms with Gasteiger partial charge in [0.25, 0.3) is 0 Å². The predicted molar refractivity (Wildman–Crippen MR) is 189 cm³/mol. The van der Waals surface area contributed by atoms with Gasteiger partial charge in [0.1, 0.15) is 17.0 Å². The molecule has 1 aromatic heterocycles. The second-order valence-corrected chi connectivity index (χ2v) is 13.9. The van der Waals surface area contributed by atoms with Crippen LogP contribution < -0.4 is 9.08 Å². The molecule has 262 valence electrons. The number of benzene rings is 4. The van der Waals surface area contributed by atoms with Crippen LogP contribution in [0.4, 0.5) is 5.69 Å². The molecular weight excluding hydrogens is 659 g/mol. The van der Waals surface area contributed by atoms with Crippen LogP contribution in [0.15, 0.2) is 78.9 Å². The topological polar surface area (TPSA) is 147 Å². The van der Waals surface area contributed by atoms with E-state index in [0.29, 0.717) is 25.2 Å². The third-order valence-electron chi connectivity index (χ3n) is 9.13. The van der Waals surface area contributed by atoms with E-state index in [9.17, 15) is 23.4 Å². The van der Waals surface area contributed by atoms with Crippen molar-refractivity contribution in [3.05, 3.63) is 112 Å². The lowest BCUT2D eigenvalue weighted by molar-refractivity contribution is -0.143. The summed E-state index contributed by atoms with van der Waals surface area (Å²) in [7, 11) is -4.09. The molecule has 5 aromatic rings. The number of para-hydroxylation sites is 1. The fourth-order valence-electron chi connectivity index (χ4n) is 6.47. The maximum Gasteiger partial charge on any atom is 0.385 e. The largest absolute Gasteiger partial charge is 0.508 e. The molecule has 0 bridgehead atoms. The molecule has 0 fully saturated rings. The molecule has 13 heteroatoms. The Morgan fingerprint density at radius 1 is 1.04 bits per heavy atom. The monoisotopic (exact) mass is 699 g/mol. The van der Waals surface area contributed by atoms with Crippen LogP contribution in [-0.4, -0.2) is 70.2 Å². The second-order valence-electron chi connectivity index (χ2n) is 12.4. The molecule has 2 heterocycles. The number of esters is 1. The van der Waals surface area contributed by atoms with Gasteiger partial charge in [0.05, 0.1) is 31.7 Å². The Kier molecular flexibility index (Phi) is 10.4. The van der Waals surface area contributed by atoms with Gasteiger partial charge in [0, 0.05) is 43.3 Å². The van der Waals surface area contributed by atoms with Crippen LogP contribution in [0.1, 0.15) is 52.6 Å². The normalized spacial score (nSPS) is 14.6. The highest BCUT2D eigenvalue weighted by atomic mass is 32.2. The Balaban J connectivity index is 1.30. The molecule has 6 rings (SSSR count). The fourth-order valence-corrected chi connectivity index (χ4v) is 7.56. The molecular formula is C37H41N5O7S. The van der Waals surface area contributed by atoms with E-state index in [1.807, 2.05) is 79.2 Å². The van der Waals surface area contributed by atoms with Gasteiger partial charge in [-0.25, -0.2) is 4.68 Å². The summed E-state index contributed by atoms with van der Waals surface area (Å²) in [6.45, 7) is 7.64. The maximum atomic E-state index is 13.1. The third kappa shape index (κ3) is 7.44. The number of hydrogen-bond donors (Lipinski definition) is 2. The number of nitrogens with zero attached hydrogens (tertiary/aromatic N) is 5. The van der Waals surface area contributed by atoms with E-state index in [0.717, 1.165) is 44.5 Å². The first-order valence-corrected chi connectivity index (χ1v) is 17.9. The third-order valence-corrected chi connectivity index (χ3v) is 10.4. The molecule has 0 aliphatic carbocycles. The summed E-state index contributed by atoms with van der Waals surface area (Å²) in [6, 6.07) is 24.0. The van der Waals surface area contributed by atoms with Gasteiger partial charge in [-0.3, -0.25) is 4.79 Å². The van der Waals surface area contributed by atoms with Gasteiger partial charge in [-0.15, -0.1) is 5.10 Å². The molecule has 1 unspecified atom stereocenters. The molecule has 4 aromatic carbocycles. The number of fused-ring (bicyclic) bond motifs is 2. The molecule has 0 radical (unpaired) electrons. The van der Waals surface area contributed by atoms with Crippen LogP contribution in [0.2, 0.25) is 0 Å². The molecule has 0 saturated heterocycles. The summed E-state index contributed by atoms with van der Waals surface area (Å²) in [5, 5.41) is 28.6. The highest BCUT2D eigenvalue weighted by molar-refractivity contribution is 7.84. The minimum atomic E-state index is -4.09. The van der Waals surface area contributed by atoms with Crippen LogP contribution >= 0.6 is 0 Å². The van der Waals surface area contributed by atoms with Gasteiger partial charge in [0.2, 0.25) is 0 Å². The number of ether oxygens (including phenoxy) is 1. The van der Waals surface area contributed by atoms with E-state index in [2.05, 4.69) is 15.2 Å². The first-order valence-electron chi connectivity index (χ1n) is 16.6. The zero-order valence-electron chi connectivity index (χ0n) is 28.3. The van der Waals surface area contributed by atoms with Crippen molar-refractivity contribution in [2.75, 3.05) is 31.2 Å². The Bertz CT molecular complexity index is 2100. The van der Waals surface area contributed by atoms with Crippen molar-refractivity contribution in [2.45, 2.75) is 52.7 Å². The molecule has 1 aliphatic heterocycles. The zero-order valence-corrected chi connectivity index (χ0v) is 29.1. The van der Waals surface area contributed by atoms with Gasteiger partial charge in [0.15, 0.2) is 0 Å². The van der Waals surface area contributed by atoms with E-state index >= 15 is 0 Å². The van der Waals surface area contributed by atoms with E-state index in [1.165, 1.54) is 22.5 Å². The van der Waals surface area contributed by atoms with E-state index < -0.39 is 16.2 Å². The quantitative estimate of drug-likeness (QED) is 0.161. The van der Waals surface area contributed by atoms with Crippen molar-refractivity contribution >= 4 is 33.0 Å². The van der Waals surface area contributed by atoms with Crippen molar-refractivity contribution < 1.29 is 32.3 Å². The standard InChI is InChI=1S/C37H41N5O7S/c1-4-48-36(45)22-33(27-11-10-25(2)28(20-27)23-41-24-29-21-31(44)12-15-35(29)49-50(41,46)47)32-13-14-34-37(26(32)3)38-39-42(34)17-16-40(18-19-43)30-8-6-5-7-9-30/h5-15,20-21,33,43-44H,4,16-19,22-24H2,1-3H3. The molecule has 0 spiro atoms. The lowest BCUT2D eigenvalue weighted by Crippen LogP contribution is -2.37. The van der Waals surface area contributed by atoms with Crippen LogP contribution in [0.3, 0.4) is 0 Å². The number of phenolic OH excluding ortho intramolecular Hbond substituents is 1. The van der Waals surface area contributed by atoms with E-state index in [4.69, 9.17) is 8.92 Å². The molecule has 1 atom stereocenters. The van der Waals surface area contributed by atoms with E-state index in [-0.39, 0.29) is 50.2 Å². The number of aliphatic hydroxyl groups is 1. The Morgan fingerprint density at radius 3 is 2.60 bits per heavy atom. The average molecular weight is 700 g/mol. The lowest BCUT2D eigenvalue weighted by atomic mass is 9.84. The molecule has 50 heavy (non-hydrogen) atoms. The van der Waals surface area contributed by atoms with Gasteiger partial charge in [-0.05, 0) is 85.0 Å². The van der Waals surface area contributed by atoms with Crippen LogP contribution in [0.25, 0.3) is 11.0 Å². The van der Waals surface area contributed by atoms with Crippen molar-refractivity contribution in [1.82, 2.24) is 19.3 Å². The highest BCUT2D eigenvalue weighted by Gasteiger charge is 2.32. The smallest absolute Gasteiger partial charge is 0.385 e. The summed E-state index contributed by atoms with van der Waals surface area (Å²) < 4.78 is 40.0. The van der Waals surface area contributed by atoms with Gasteiger partial charge < -0.3 is 24.0 Å². The van der Waals surface area contributed by atoms with Crippen molar-refractivity contribution in [3.8, 4) is 11.5 Å². The van der Waals surface area contributed by atoms with Crippen LogP contribution in [0, 0.1) is 13.8 Å². The van der Waals surface area contributed by atoms with E-state index in [1.54, 1.807) is 6.92 Å². The van der Waals surface area contributed by atoms with Gasteiger partial charge in [-0.2, -0.15) is 12.7 Å². The number of aromatic nitrogens is 3. The summed E-state index contributed by atoms with van der Waals surface area (Å²) in [6.07, 6.45) is 0.0712. The number of aliphatic hydroxyl groups excluding tert-OH is 1. The molecule has 12 nitrogen and oxygen atoms in total.